The third kappa shape index (κ3) is 6.54. The summed E-state index contributed by atoms with van der Waals surface area (Å²) in [5.41, 5.74) is 0.993. The number of piperidine rings is 1. The molecule has 12 nitrogen and oxygen atoms in total. The topological polar surface area (TPSA) is 154 Å². The van der Waals surface area contributed by atoms with Crippen LogP contribution in [0.1, 0.15) is 70.7 Å². The molecule has 2 aromatic rings. The highest BCUT2D eigenvalue weighted by molar-refractivity contribution is 7.89. The summed E-state index contributed by atoms with van der Waals surface area (Å²) in [4.78, 5) is 52.8. The first-order valence-electron chi connectivity index (χ1n) is 13.6. The lowest BCUT2D eigenvalue weighted by Gasteiger charge is -2.34. The van der Waals surface area contributed by atoms with Crippen molar-refractivity contribution >= 4 is 50.3 Å². The molecular weight excluding hydrogens is 570 g/mol. The van der Waals surface area contributed by atoms with Gasteiger partial charge < -0.3 is 20.3 Å². The van der Waals surface area contributed by atoms with Crippen LogP contribution in [0.2, 0.25) is 0 Å². The van der Waals surface area contributed by atoms with Crippen molar-refractivity contribution in [3.05, 3.63) is 45.8 Å². The molecule has 1 fully saturated rings. The molecule has 1 atom stereocenters. The molecule has 222 valence electrons. The lowest BCUT2D eigenvalue weighted by Crippen LogP contribution is -2.43. The zero-order chi connectivity index (χ0) is 29.7. The van der Waals surface area contributed by atoms with Crippen LogP contribution in [0.15, 0.2) is 29.2 Å². The van der Waals surface area contributed by atoms with E-state index in [4.69, 9.17) is 4.74 Å². The highest BCUT2D eigenvalue weighted by Crippen LogP contribution is 2.38. The molecular formula is C27H35N5O7S2. The third-order valence-electron chi connectivity index (χ3n) is 7.26. The SMILES string of the molecule is CCOC(=O)N1CCc2c(sc(NC(=O)c3ccc(S(=O)(=O)N4CCCCC4CC)cc3)c2C(=O)NC(=O)NC)C1. The zero-order valence-corrected chi connectivity index (χ0v) is 25.0. The maximum atomic E-state index is 13.3. The first-order chi connectivity index (χ1) is 19.6. The number of fused-ring (bicyclic) bond motifs is 1. The van der Waals surface area contributed by atoms with Crippen molar-refractivity contribution in [1.29, 1.82) is 0 Å². The summed E-state index contributed by atoms with van der Waals surface area (Å²) in [6, 6.07) is 4.97. The monoisotopic (exact) mass is 605 g/mol. The Labute approximate surface area is 243 Å². The Morgan fingerprint density at radius 3 is 2.44 bits per heavy atom. The Hall–Kier alpha value is -3.49. The average Bonchev–Trinajstić information content (AvgIpc) is 3.34. The van der Waals surface area contributed by atoms with E-state index in [0.717, 1.165) is 37.0 Å². The van der Waals surface area contributed by atoms with Crippen molar-refractivity contribution in [2.75, 3.05) is 32.1 Å². The summed E-state index contributed by atoms with van der Waals surface area (Å²) in [7, 11) is -2.33. The zero-order valence-electron chi connectivity index (χ0n) is 23.3. The molecule has 0 aliphatic carbocycles. The first-order valence-corrected chi connectivity index (χ1v) is 15.9. The van der Waals surface area contributed by atoms with Gasteiger partial charge in [0.05, 0.1) is 23.6 Å². The fourth-order valence-corrected chi connectivity index (χ4v) is 8.14. The van der Waals surface area contributed by atoms with Gasteiger partial charge in [0, 0.05) is 36.6 Å². The van der Waals surface area contributed by atoms with Gasteiger partial charge in [-0.1, -0.05) is 13.3 Å². The number of carbonyl (C=O) groups is 4. The summed E-state index contributed by atoms with van der Waals surface area (Å²) in [6.07, 6.45) is 3.23. The Kier molecular flexibility index (Phi) is 9.66. The number of hydrogen-bond donors (Lipinski definition) is 3. The Morgan fingerprint density at radius 2 is 1.78 bits per heavy atom. The molecule has 5 amide bonds. The second-order valence-electron chi connectivity index (χ2n) is 9.76. The summed E-state index contributed by atoms with van der Waals surface area (Å²) in [5, 5.41) is 7.55. The fourth-order valence-electron chi connectivity index (χ4n) is 5.12. The minimum absolute atomic E-state index is 0.0410. The van der Waals surface area contributed by atoms with Gasteiger partial charge in [-0.2, -0.15) is 4.31 Å². The van der Waals surface area contributed by atoms with Gasteiger partial charge in [0.2, 0.25) is 10.0 Å². The average molecular weight is 606 g/mol. The van der Waals surface area contributed by atoms with Gasteiger partial charge in [-0.15, -0.1) is 11.3 Å². The van der Waals surface area contributed by atoms with Crippen molar-refractivity contribution < 1.29 is 32.3 Å². The van der Waals surface area contributed by atoms with Gasteiger partial charge in [0.1, 0.15) is 5.00 Å². The van der Waals surface area contributed by atoms with E-state index in [9.17, 15) is 27.6 Å². The highest BCUT2D eigenvalue weighted by Gasteiger charge is 2.33. The lowest BCUT2D eigenvalue weighted by molar-refractivity contribution is 0.0963. The predicted molar refractivity (Wildman–Crippen MR) is 154 cm³/mol. The molecule has 0 radical (unpaired) electrons. The second-order valence-corrected chi connectivity index (χ2v) is 12.8. The van der Waals surface area contributed by atoms with E-state index in [-0.39, 0.29) is 40.2 Å². The van der Waals surface area contributed by atoms with Crippen molar-refractivity contribution in [1.82, 2.24) is 19.8 Å². The van der Waals surface area contributed by atoms with Crippen LogP contribution < -0.4 is 16.0 Å². The molecule has 41 heavy (non-hydrogen) atoms. The van der Waals surface area contributed by atoms with Crippen molar-refractivity contribution in [3.8, 4) is 0 Å². The largest absolute Gasteiger partial charge is 0.450 e. The number of anilines is 1. The standard InChI is InChI=1S/C27H35N5O7S2/c1-4-18-8-6-7-14-32(18)41(37,38)19-11-9-17(10-12-19)23(33)29-25-22(24(34)30-26(35)28-3)20-13-15-31(16-21(20)40-25)27(36)39-5-2/h9-12,18H,4-8,13-16H2,1-3H3,(H,29,33)(H2,28,30,34,35). The van der Waals surface area contributed by atoms with Gasteiger partial charge in [-0.25, -0.2) is 18.0 Å². The van der Waals surface area contributed by atoms with Gasteiger partial charge >= 0.3 is 12.1 Å². The molecule has 0 bridgehead atoms. The molecule has 3 N–H and O–H groups in total. The van der Waals surface area contributed by atoms with Crippen LogP contribution in [0.25, 0.3) is 0 Å². The van der Waals surface area contributed by atoms with Crippen LogP contribution in [0.3, 0.4) is 0 Å². The maximum Gasteiger partial charge on any atom is 0.410 e. The summed E-state index contributed by atoms with van der Waals surface area (Å²) in [6.45, 7) is 4.89. The van der Waals surface area contributed by atoms with Crippen LogP contribution in [0.5, 0.6) is 0 Å². The number of hydrogen-bond acceptors (Lipinski definition) is 8. The van der Waals surface area contributed by atoms with Crippen LogP contribution in [0.4, 0.5) is 14.6 Å². The van der Waals surface area contributed by atoms with Crippen LogP contribution in [-0.2, 0) is 27.7 Å². The number of amides is 5. The Balaban J connectivity index is 1.58. The quantitative estimate of drug-likeness (QED) is 0.436. The fraction of sp³-hybridized carbons (Fsp3) is 0.481. The number of rotatable bonds is 7. The van der Waals surface area contributed by atoms with E-state index in [1.54, 1.807) is 11.2 Å². The first kappa shape index (κ1) is 30.5. The van der Waals surface area contributed by atoms with Crippen LogP contribution in [-0.4, -0.2) is 74.3 Å². The summed E-state index contributed by atoms with van der Waals surface area (Å²) < 4.78 is 33.3. The predicted octanol–water partition coefficient (Wildman–Crippen LogP) is 3.54. The van der Waals surface area contributed by atoms with Gasteiger partial charge in [0.15, 0.2) is 0 Å². The van der Waals surface area contributed by atoms with E-state index in [1.165, 1.54) is 36.2 Å². The molecule has 1 unspecified atom stereocenters. The number of benzene rings is 1. The number of carbonyl (C=O) groups excluding carboxylic acids is 4. The van der Waals surface area contributed by atoms with E-state index in [0.29, 0.717) is 30.0 Å². The molecule has 14 heteroatoms. The second kappa shape index (κ2) is 13.0. The van der Waals surface area contributed by atoms with Crippen LogP contribution in [0, 0.1) is 0 Å². The molecule has 1 aromatic carbocycles. The molecule has 0 spiro atoms. The Bertz CT molecular complexity index is 1420. The molecule has 0 saturated carbocycles. The molecule has 4 rings (SSSR count). The number of nitrogens with zero attached hydrogens (tertiary/aromatic N) is 2. The minimum atomic E-state index is -3.70. The normalized spacial score (nSPS) is 17.3. The van der Waals surface area contributed by atoms with Crippen molar-refractivity contribution in [3.63, 3.8) is 0 Å². The number of nitrogens with one attached hydrogen (secondary N) is 3. The molecule has 3 heterocycles. The Morgan fingerprint density at radius 1 is 1.05 bits per heavy atom. The molecule has 2 aliphatic heterocycles. The van der Waals surface area contributed by atoms with Gasteiger partial charge in [-0.3, -0.25) is 14.9 Å². The summed E-state index contributed by atoms with van der Waals surface area (Å²) in [5.74, 6) is -1.23. The van der Waals surface area contributed by atoms with Crippen molar-refractivity contribution in [2.45, 2.75) is 63.4 Å². The number of imide groups is 1. The molecule has 1 aromatic heterocycles. The van der Waals surface area contributed by atoms with E-state index in [1.807, 2.05) is 6.92 Å². The van der Waals surface area contributed by atoms with Crippen LogP contribution >= 0.6 is 11.3 Å². The van der Waals surface area contributed by atoms with E-state index < -0.39 is 34.0 Å². The number of ether oxygens (including phenoxy) is 1. The maximum absolute atomic E-state index is 13.3. The number of sulfonamides is 1. The summed E-state index contributed by atoms with van der Waals surface area (Å²) >= 11 is 1.14. The highest BCUT2D eigenvalue weighted by atomic mass is 32.2. The van der Waals surface area contributed by atoms with Crippen molar-refractivity contribution in [2.24, 2.45) is 0 Å². The van der Waals surface area contributed by atoms with Gasteiger partial charge in [0.25, 0.3) is 11.8 Å². The molecule has 2 aliphatic rings. The minimum Gasteiger partial charge on any atom is -0.450 e. The number of thiophene rings is 1. The molecule has 1 saturated heterocycles. The lowest BCUT2D eigenvalue weighted by atomic mass is 10.0. The van der Waals surface area contributed by atoms with E-state index in [2.05, 4.69) is 16.0 Å². The third-order valence-corrected chi connectivity index (χ3v) is 10.4. The van der Waals surface area contributed by atoms with E-state index >= 15 is 0 Å². The number of urea groups is 1. The smallest absolute Gasteiger partial charge is 0.410 e. The van der Waals surface area contributed by atoms with Gasteiger partial charge in [-0.05, 0) is 62.4 Å².